The maximum atomic E-state index is 5.43. The third-order valence-corrected chi connectivity index (χ3v) is 3.35. The predicted molar refractivity (Wildman–Crippen MR) is 34.0 cm³/mol. The van der Waals surface area contributed by atoms with Crippen LogP contribution in [0.3, 0.4) is 0 Å². The Morgan fingerprint density at radius 1 is 1.78 bits per heavy atom. The summed E-state index contributed by atoms with van der Waals surface area (Å²) in [5.74, 6) is 0. The summed E-state index contributed by atoms with van der Waals surface area (Å²) in [5, 5.41) is 0. The summed E-state index contributed by atoms with van der Waals surface area (Å²) in [7, 11) is 2.09. The Hall–Kier alpha value is -0.0300. The molecule has 0 amide bonds. The second kappa shape index (κ2) is 3.22. The summed E-state index contributed by atoms with van der Waals surface area (Å²) in [6, 6.07) is 0. The molecular weight excluding hydrogens is 227 g/mol. The number of rotatable bonds is 1. The van der Waals surface area contributed by atoms with Gasteiger partial charge in [0, 0.05) is 0 Å². The van der Waals surface area contributed by atoms with Gasteiger partial charge < -0.3 is 0 Å². The van der Waals surface area contributed by atoms with Gasteiger partial charge in [-0.1, -0.05) is 0 Å². The molecule has 1 heterocycles. The zero-order chi connectivity index (χ0) is 6.69. The molecule has 0 radical (unpaired) electrons. The zero-order valence-electron chi connectivity index (χ0n) is 5.34. The molecule has 0 aromatic carbocycles. The molecule has 0 atom stereocenters. The SMILES string of the molecule is CN1C=CC(CN)=C[I-]1. The van der Waals surface area contributed by atoms with Gasteiger partial charge in [-0.05, 0) is 0 Å². The maximum absolute atomic E-state index is 5.43. The molecule has 2 N–H and O–H groups in total. The summed E-state index contributed by atoms with van der Waals surface area (Å²) < 4.78 is 4.47. The average Bonchev–Trinajstić information content (AvgIpc) is 1.90. The third kappa shape index (κ3) is 1.98. The summed E-state index contributed by atoms with van der Waals surface area (Å²) in [4.78, 5) is 0. The van der Waals surface area contributed by atoms with Crippen molar-refractivity contribution in [3.05, 3.63) is 21.9 Å². The Morgan fingerprint density at radius 2 is 2.56 bits per heavy atom. The summed E-state index contributed by atoms with van der Waals surface area (Å²) in [6.45, 7) is 0.685. The molecule has 3 heteroatoms. The van der Waals surface area contributed by atoms with E-state index in [1.807, 2.05) is 0 Å². The van der Waals surface area contributed by atoms with E-state index in [4.69, 9.17) is 5.73 Å². The van der Waals surface area contributed by atoms with Gasteiger partial charge in [-0.25, -0.2) is 0 Å². The van der Waals surface area contributed by atoms with Gasteiger partial charge in [0.25, 0.3) is 0 Å². The monoisotopic (exact) mass is 237 g/mol. The van der Waals surface area contributed by atoms with E-state index in [0.717, 1.165) is 0 Å². The van der Waals surface area contributed by atoms with E-state index in [1.54, 1.807) is 0 Å². The van der Waals surface area contributed by atoms with Gasteiger partial charge in [-0.3, -0.25) is 0 Å². The Balaban J connectivity index is 2.52. The molecule has 9 heavy (non-hydrogen) atoms. The number of hydrogen-bond donors (Lipinski definition) is 1. The standard InChI is InChI=1S/C6H10IN2/c1-9-3-2-6(5-8)4-7-9/h2-4H,5,8H2,1H3/q-1. The van der Waals surface area contributed by atoms with Crippen molar-refractivity contribution in [2.24, 2.45) is 5.73 Å². The number of nitrogens with two attached hydrogens (primary N) is 1. The van der Waals surface area contributed by atoms with Crippen LogP contribution < -0.4 is 27.2 Å². The number of hydrogen-bond acceptors (Lipinski definition) is 2. The van der Waals surface area contributed by atoms with Gasteiger partial charge in [0.05, 0.1) is 0 Å². The molecule has 0 aromatic rings. The third-order valence-electron chi connectivity index (χ3n) is 1.07. The van der Waals surface area contributed by atoms with E-state index in [2.05, 4.69) is 26.5 Å². The molecule has 0 saturated carbocycles. The molecule has 0 aromatic heterocycles. The van der Waals surface area contributed by atoms with Crippen LogP contribution in [-0.4, -0.2) is 16.7 Å². The van der Waals surface area contributed by atoms with Crippen molar-refractivity contribution >= 4 is 0 Å². The molecular formula is C6H10IN2-. The Bertz CT molecular complexity index is 151. The van der Waals surface area contributed by atoms with Crippen molar-refractivity contribution in [2.45, 2.75) is 0 Å². The Morgan fingerprint density at radius 3 is 3.00 bits per heavy atom. The Kier molecular flexibility index (Phi) is 2.53. The van der Waals surface area contributed by atoms with Crippen LogP contribution in [0.4, 0.5) is 0 Å². The molecule has 1 aliphatic rings. The van der Waals surface area contributed by atoms with E-state index in [9.17, 15) is 0 Å². The van der Waals surface area contributed by atoms with Crippen LogP contribution in [0.25, 0.3) is 0 Å². The van der Waals surface area contributed by atoms with Gasteiger partial charge in [0.15, 0.2) is 0 Å². The summed E-state index contributed by atoms with van der Waals surface area (Å²) in [6.07, 6.45) is 4.17. The van der Waals surface area contributed by atoms with E-state index in [0.29, 0.717) is 6.54 Å². The topological polar surface area (TPSA) is 29.3 Å². The first-order valence-electron chi connectivity index (χ1n) is 2.77. The van der Waals surface area contributed by atoms with E-state index in [-0.39, 0.29) is 21.5 Å². The molecule has 0 bridgehead atoms. The predicted octanol–water partition coefficient (Wildman–Crippen LogP) is -2.71. The molecule has 52 valence electrons. The van der Waals surface area contributed by atoms with Crippen LogP contribution in [0, 0.1) is 0 Å². The van der Waals surface area contributed by atoms with Crippen molar-refractivity contribution in [1.29, 1.82) is 0 Å². The summed E-state index contributed by atoms with van der Waals surface area (Å²) in [5.41, 5.74) is 6.71. The molecule has 2 nitrogen and oxygen atoms in total. The average molecular weight is 237 g/mol. The first kappa shape index (κ1) is 7.08. The second-order valence-electron chi connectivity index (χ2n) is 1.83. The normalized spacial score (nSPS) is 18.9. The van der Waals surface area contributed by atoms with E-state index >= 15 is 0 Å². The van der Waals surface area contributed by atoms with Crippen LogP contribution >= 0.6 is 0 Å². The minimum atomic E-state index is 0.110. The van der Waals surface area contributed by atoms with Gasteiger partial charge in [-0.2, -0.15) is 0 Å². The van der Waals surface area contributed by atoms with E-state index in [1.165, 1.54) is 5.57 Å². The van der Waals surface area contributed by atoms with Crippen molar-refractivity contribution < 1.29 is 21.5 Å². The fourth-order valence-corrected chi connectivity index (χ4v) is 2.13. The minimum absolute atomic E-state index is 0.110. The fraction of sp³-hybridized carbons (Fsp3) is 0.333. The van der Waals surface area contributed by atoms with Crippen LogP contribution in [0.1, 0.15) is 0 Å². The van der Waals surface area contributed by atoms with Gasteiger partial charge in [0.2, 0.25) is 0 Å². The quantitative estimate of drug-likeness (QED) is 0.397. The molecule has 0 saturated heterocycles. The second-order valence-corrected chi connectivity index (χ2v) is 4.53. The van der Waals surface area contributed by atoms with E-state index < -0.39 is 0 Å². The number of halogens is 1. The van der Waals surface area contributed by atoms with Gasteiger partial charge in [0.1, 0.15) is 0 Å². The summed E-state index contributed by atoms with van der Waals surface area (Å²) >= 11 is 0.110. The van der Waals surface area contributed by atoms with Gasteiger partial charge >= 0.3 is 65.9 Å². The molecule has 1 rings (SSSR count). The van der Waals surface area contributed by atoms with Crippen molar-refractivity contribution in [3.8, 4) is 0 Å². The molecule has 0 fully saturated rings. The van der Waals surface area contributed by atoms with Crippen molar-refractivity contribution in [1.82, 2.24) is 3.11 Å². The molecule has 0 aliphatic carbocycles. The van der Waals surface area contributed by atoms with Crippen LogP contribution in [0.5, 0.6) is 0 Å². The molecule has 0 unspecified atom stereocenters. The van der Waals surface area contributed by atoms with Gasteiger partial charge in [-0.15, -0.1) is 0 Å². The van der Waals surface area contributed by atoms with Crippen LogP contribution in [-0.2, 0) is 0 Å². The molecule has 1 aliphatic heterocycles. The Labute approximate surface area is 66.0 Å². The first-order valence-corrected chi connectivity index (χ1v) is 4.98. The van der Waals surface area contributed by atoms with Crippen molar-refractivity contribution in [2.75, 3.05) is 13.6 Å². The van der Waals surface area contributed by atoms with Crippen LogP contribution in [0.15, 0.2) is 21.9 Å². The fourth-order valence-electron chi connectivity index (χ4n) is 0.520. The molecule has 0 spiro atoms. The number of nitrogens with zero attached hydrogens (tertiary/aromatic N) is 1. The zero-order valence-corrected chi connectivity index (χ0v) is 7.50. The van der Waals surface area contributed by atoms with Crippen molar-refractivity contribution in [3.63, 3.8) is 0 Å². The first-order chi connectivity index (χ1) is 4.33. The van der Waals surface area contributed by atoms with Crippen LogP contribution in [0.2, 0.25) is 0 Å².